The van der Waals surface area contributed by atoms with E-state index in [9.17, 15) is 8.42 Å². The highest BCUT2D eigenvalue weighted by Gasteiger charge is 2.38. The Balaban J connectivity index is 2.35. The molecule has 1 saturated carbocycles. The van der Waals surface area contributed by atoms with Gasteiger partial charge in [-0.1, -0.05) is 6.92 Å². The van der Waals surface area contributed by atoms with Gasteiger partial charge in [0.1, 0.15) is 16.4 Å². The number of hydrogen-bond acceptors (Lipinski definition) is 4. The van der Waals surface area contributed by atoms with Gasteiger partial charge in [0.15, 0.2) is 0 Å². The maximum atomic E-state index is 12.7. The molecule has 5 nitrogen and oxygen atoms in total. The van der Waals surface area contributed by atoms with Crippen LogP contribution in [0.1, 0.15) is 50.2 Å². The fourth-order valence-corrected chi connectivity index (χ4v) is 4.62. The van der Waals surface area contributed by atoms with Crippen molar-refractivity contribution >= 4 is 10.0 Å². The molecule has 0 radical (unpaired) electrons. The Kier molecular flexibility index (Phi) is 4.27. The fraction of sp³-hybridized carbons (Fsp3) is 0.714. The molecule has 0 amide bonds. The van der Waals surface area contributed by atoms with Gasteiger partial charge in [-0.15, -0.1) is 0 Å². The molecule has 0 atom stereocenters. The number of nitrogens with one attached hydrogen (secondary N) is 2. The second-order valence-corrected chi connectivity index (χ2v) is 7.44. The van der Waals surface area contributed by atoms with Crippen LogP contribution in [0.5, 0.6) is 0 Å². The zero-order chi connectivity index (χ0) is 15.0. The van der Waals surface area contributed by atoms with E-state index in [2.05, 4.69) is 10.0 Å². The van der Waals surface area contributed by atoms with Crippen molar-refractivity contribution in [3.05, 3.63) is 17.1 Å². The van der Waals surface area contributed by atoms with Gasteiger partial charge < -0.3 is 9.73 Å². The number of rotatable bonds is 6. The van der Waals surface area contributed by atoms with E-state index in [-0.39, 0.29) is 5.54 Å². The lowest BCUT2D eigenvalue weighted by atomic mass is 9.80. The van der Waals surface area contributed by atoms with E-state index < -0.39 is 10.0 Å². The first-order valence-electron chi connectivity index (χ1n) is 7.12. The van der Waals surface area contributed by atoms with E-state index in [0.717, 1.165) is 31.4 Å². The number of aryl methyl sites for hydroxylation is 2. The van der Waals surface area contributed by atoms with Gasteiger partial charge in [-0.3, -0.25) is 0 Å². The second-order valence-electron chi connectivity index (χ2n) is 5.82. The summed E-state index contributed by atoms with van der Waals surface area (Å²) >= 11 is 0. The van der Waals surface area contributed by atoms with E-state index in [1.807, 2.05) is 20.8 Å². The van der Waals surface area contributed by atoms with Crippen LogP contribution in [0.4, 0.5) is 0 Å². The molecule has 1 aliphatic carbocycles. The van der Waals surface area contributed by atoms with Crippen molar-refractivity contribution < 1.29 is 12.8 Å². The van der Waals surface area contributed by atoms with Crippen LogP contribution in [0.25, 0.3) is 0 Å². The molecule has 1 aliphatic rings. The van der Waals surface area contributed by atoms with Crippen LogP contribution in [0, 0.1) is 13.8 Å². The fourth-order valence-electron chi connectivity index (χ4n) is 2.70. The van der Waals surface area contributed by atoms with E-state index in [4.69, 9.17) is 4.42 Å². The van der Waals surface area contributed by atoms with Crippen molar-refractivity contribution in [3.8, 4) is 0 Å². The van der Waals surface area contributed by atoms with Crippen LogP contribution < -0.4 is 10.0 Å². The minimum Gasteiger partial charge on any atom is -0.465 e. The van der Waals surface area contributed by atoms with Crippen LogP contribution in [-0.2, 0) is 16.6 Å². The lowest BCUT2D eigenvalue weighted by Crippen LogP contribution is -2.51. The van der Waals surface area contributed by atoms with E-state index >= 15 is 0 Å². The van der Waals surface area contributed by atoms with E-state index in [1.54, 1.807) is 6.92 Å². The Labute approximate surface area is 121 Å². The first-order valence-corrected chi connectivity index (χ1v) is 8.61. The molecule has 0 unspecified atom stereocenters. The van der Waals surface area contributed by atoms with Crippen LogP contribution in [0.15, 0.2) is 9.31 Å². The molecule has 114 valence electrons. The largest absolute Gasteiger partial charge is 0.465 e. The van der Waals surface area contributed by atoms with Gasteiger partial charge in [-0.2, -0.15) is 0 Å². The Bertz CT molecular complexity index is 586. The predicted octanol–water partition coefficient (Wildman–Crippen LogP) is 2.23. The van der Waals surface area contributed by atoms with Crippen molar-refractivity contribution in [2.45, 2.75) is 63.9 Å². The van der Waals surface area contributed by atoms with E-state index in [1.165, 1.54) is 0 Å². The Morgan fingerprint density at radius 1 is 1.25 bits per heavy atom. The molecular formula is C14H24N2O3S. The average molecular weight is 300 g/mol. The summed E-state index contributed by atoms with van der Waals surface area (Å²) < 4.78 is 33.7. The van der Waals surface area contributed by atoms with Crippen LogP contribution in [-0.4, -0.2) is 20.5 Å². The highest BCUT2D eigenvalue weighted by Crippen LogP contribution is 2.34. The number of sulfonamides is 1. The van der Waals surface area contributed by atoms with Crippen molar-refractivity contribution in [2.24, 2.45) is 0 Å². The molecular weight excluding hydrogens is 276 g/mol. The van der Waals surface area contributed by atoms with Gasteiger partial charge in [-0.05, 0) is 46.6 Å². The molecule has 6 heteroatoms. The van der Waals surface area contributed by atoms with Crippen molar-refractivity contribution in [1.29, 1.82) is 0 Å². The zero-order valence-corrected chi connectivity index (χ0v) is 13.5. The maximum absolute atomic E-state index is 12.7. The smallest absolute Gasteiger partial charge is 0.244 e. The highest BCUT2D eigenvalue weighted by atomic mass is 32.2. The van der Waals surface area contributed by atoms with Crippen molar-refractivity contribution in [2.75, 3.05) is 6.54 Å². The Hall–Kier alpha value is -0.850. The number of hydrogen-bond donors (Lipinski definition) is 2. The summed E-state index contributed by atoms with van der Waals surface area (Å²) in [6.45, 7) is 8.76. The topological polar surface area (TPSA) is 71.3 Å². The molecule has 2 N–H and O–H groups in total. The summed E-state index contributed by atoms with van der Waals surface area (Å²) in [4.78, 5) is 0.309. The SMILES string of the molecule is CCNCc1c(C)oc(C)c1S(=O)(=O)NC1(C)CCC1. The Morgan fingerprint density at radius 2 is 1.90 bits per heavy atom. The lowest BCUT2D eigenvalue weighted by molar-refractivity contribution is 0.248. The summed E-state index contributed by atoms with van der Waals surface area (Å²) in [5.41, 5.74) is 0.436. The van der Waals surface area contributed by atoms with Gasteiger partial charge in [0.2, 0.25) is 10.0 Å². The minimum absolute atomic E-state index is 0.300. The molecule has 0 aromatic carbocycles. The van der Waals surface area contributed by atoms with Crippen LogP contribution >= 0.6 is 0 Å². The third-order valence-electron chi connectivity index (χ3n) is 3.98. The lowest BCUT2D eigenvalue weighted by Gasteiger charge is -2.38. The summed E-state index contributed by atoms with van der Waals surface area (Å²) in [6, 6.07) is 0. The van der Waals surface area contributed by atoms with Crippen molar-refractivity contribution in [3.63, 3.8) is 0 Å². The third kappa shape index (κ3) is 2.92. The van der Waals surface area contributed by atoms with Gasteiger partial charge in [0.25, 0.3) is 0 Å². The first-order chi connectivity index (χ1) is 9.29. The highest BCUT2D eigenvalue weighted by molar-refractivity contribution is 7.89. The van der Waals surface area contributed by atoms with Gasteiger partial charge >= 0.3 is 0 Å². The van der Waals surface area contributed by atoms with E-state index in [0.29, 0.717) is 23.0 Å². The minimum atomic E-state index is -3.53. The molecule has 1 fully saturated rings. The summed E-state index contributed by atoms with van der Waals surface area (Å²) in [5.74, 6) is 1.13. The predicted molar refractivity (Wildman–Crippen MR) is 78.1 cm³/mol. The maximum Gasteiger partial charge on any atom is 0.244 e. The molecule has 0 bridgehead atoms. The molecule has 1 heterocycles. The molecule has 2 rings (SSSR count). The molecule has 0 spiro atoms. The van der Waals surface area contributed by atoms with Crippen LogP contribution in [0.2, 0.25) is 0 Å². The third-order valence-corrected chi connectivity index (χ3v) is 5.82. The average Bonchev–Trinajstić information content (AvgIpc) is 2.59. The quantitative estimate of drug-likeness (QED) is 0.845. The summed E-state index contributed by atoms with van der Waals surface area (Å²) in [6.07, 6.45) is 2.86. The molecule has 20 heavy (non-hydrogen) atoms. The number of furan rings is 1. The zero-order valence-electron chi connectivity index (χ0n) is 12.7. The molecule has 1 aromatic heterocycles. The van der Waals surface area contributed by atoms with Crippen molar-refractivity contribution in [1.82, 2.24) is 10.0 Å². The molecule has 0 saturated heterocycles. The van der Waals surface area contributed by atoms with Gasteiger partial charge in [-0.25, -0.2) is 13.1 Å². The monoisotopic (exact) mass is 300 g/mol. The first kappa shape index (κ1) is 15.5. The van der Waals surface area contributed by atoms with Gasteiger partial charge in [0.05, 0.1) is 0 Å². The second kappa shape index (κ2) is 5.50. The van der Waals surface area contributed by atoms with Crippen LogP contribution in [0.3, 0.4) is 0 Å². The summed E-state index contributed by atoms with van der Waals surface area (Å²) in [5, 5.41) is 3.17. The molecule has 0 aliphatic heterocycles. The molecule has 1 aromatic rings. The standard InChI is InChI=1S/C14H24N2O3S/c1-5-15-9-12-10(2)19-11(3)13(12)20(17,18)16-14(4)7-6-8-14/h15-16H,5-9H2,1-4H3. The van der Waals surface area contributed by atoms with Gasteiger partial charge in [0, 0.05) is 17.6 Å². The summed E-state index contributed by atoms with van der Waals surface area (Å²) in [7, 11) is -3.53. The normalized spacial score (nSPS) is 18.0. The Morgan fingerprint density at radius 3 is 2.40 bits per heavy atom.